The minimum Gasteiger partial charge on any atom is -0.497 e. The number of methoxy groups -OCH3 is 1. The predicted octanol–water partition coefficient (Wildman–Crippen LogP) is 3.80. The summed E-state index contributed by atoms with van der Waals surface area (Å²) in [5.74, 6) is 0.591. The number of alkyl halides is 2. The number of hydrogen-bond donors (Lipinski definition) is 8. The Balaban J connectivity index is 0.000000261. The zero-order chi connectivity index (χ0) is 46.3. The van der Waals surface area contributed by atoms with Gasteiger partial charge in [-0.2, -0.15) is 9.97 Å². The summed E-state index contributed by atoms with van der Waals surface area (Å²) >= 11 is 0. The first-order valence-electron chi connectivity index (χ1n) is 20.0. The van der Waals surface area contributed by atoms with Crippen LogP contribution in [0.15, 0.2) is 132 Å². The lowest BCUT2D eigenvalue weighted by Gasteiger charge is -2.37. The summed E-state index contributed by atoms with van der Waals surface area (Å²) in [5, 5.41) is 43.3. The van der Waals surface area contributed by atoms with E-state index in [0.717, 1.165) is 33.7 Å². The first kappa shape index (κ1) is 49.3. The fourth-order valence-electron chi connectivity index (χ4n) is 8.13. The average molecular weight is 927 g/mol. The number of nitrogens with one attached hydrogen (secondary N) is 3. The van der Waals surface area contributed by atoms with Crippen LogP contribution in [0.4, 0.5) is 20.7 Å². The molecule has 2 aliphatic rings. The minimum absolute atomic E-state index is 0. The van der Waals surface area contributed by atoms with Crippen molar-refractivity contribution in [2.24, 2.45) is 0 Å². The number of hydrogen-bond acceptors (Lipinski definition) is 15. The number of rotatable bonds is 12. The number of imidazole rings is 2. The van der Waals surface area contributed by atoms with E-state index in [4.69, 9.17) is 19.9 Å². The van der Waals surface area contributed by atoms with Gasteiger partial charge in [-0.25, -0.2) is 18.7 Å². The lowest BCUT2D eigenvalue weighted by molar-refractivity contribution is -0.0960. The molecule has 4 aromatic heterocycles. The Morgan fingerprint density at radius 1 is 0.761 bits per heavy atom. The molecule has 0 radical (unpaired) electrons. The molecular formula is C46H52F2N10O9. The monoisotopic (exact) mass is 926 g/mol. The van der Waals surface area contributed by atoms with Gasteiger partial charge < -0.3 is 45.7 Å². The standard InChI is InChI=1S/C32H30FN5O5.C12H14FN5O4.2CH4/c1-3-31(18-39)26(40)24(33)29(43-31)38-19-34-25-27(38)35-30(36-28(25)41)37-32(20-10-6-4-7-11-20,21-12-8-5-9-13-21)22-14-16-23(42-2)17-15-22;1-2-12(3-19)7(20)5(13)10(22-12)18-4-15-6-8(18)16-11(14)17-9(6)21;;/h3-17,19,24,26,29,39-40H,1,18H2,2H3,(H2,35,36,37,41);2,4-5,7,10,19-20H,1,3H2,(H3,14,16,17,21);2*1H4/t24-,26+,29-,31-;5-,7+,10-,12-;;/m11../s1. The van der Waals surface area contributed by atoms with E-state index in [1.807, 2.05) is 84.9 Å². The van der Waals surface area contributed by atoms with Gasteiger partial charge in [-0.1, -0.05) is 99.8 Å². The minimum atomic E-state index is -1.97. The summed E-state index contributed by atoms with van der Waals surface area (Å²) in [6.45, 7) is 5.69. The Bertz CT molecular complexity index is 2910. The van der Waals surface area contributed by atoms with Crippen LogP contribution >= 0.6 is 0 Å². The van der Waals surface area contributed by atoms with Crippen LogP contribution in [0.3, 0.4) is 0 Å². The predicted molar refractivity (Wildman–Crippen MR) is 246 cm³/mol. The molecule has 0 spiro atoms. The Morgan fingerprint density at radius 3 is 1.61 bits per heavy atom. The number of halogens is 2. The van der Waals surface area contributed by atoms with Crippen molar-refractivity contribution in [1.82, 2.24) is 39.0 Å². The zero-order valence-electron chi connectivity index (χ0n) is 34.5. The number of nitrogens with two attached hydrogens (primary N) is 1. The molecule has 19 nitrogen and oxygen atoms in total. The van der Waals surface area contributed by atoms with E-state index in [0.29, 0.717) is 5.75 Å². The van der Waals surface area contributed by atoms with Gasteiger partial charge in [0.05, 0.1) is 33.0 Å². The molecule has 9 rings (SSSR count). The van der Waals surface area contributed by atoms with Crippen LogP contribution < -0.4 is 26.9 Å². The molecule has 0 amide bonds. The normalized spacial score (nSPS) is 24.5. The van der Waals surface area contributed by atoms with Gasteiger partial charge in [0.25, 0.3) is 11.1 Å². The molecular weight excluding hydrogens is 875 g/mol. The molecule has 0 bridgehead atoms. The maximum Gasteiger partial charge on any atom is 0.280 e. The van der Waals surface area contributed by atoms with Crippen LogP contribution in [-0.4, -0.2) is 116 Å². The zero-order valence-corrected chi connectivity index (χ0v) is 34.5. The van der Waals surface area contributed by atoms with E-state index in [9.17, 15) is 34.4 Å². The van der Waals surface area contributed by atoms with Crippen LogP contribution in [0.1, 0.15) is 44.0 Å². The molecule has 8 atom stereocenters. The third-order valence-electron chi connectivity index (χ3n) is 11.7. The quantitative estimate of drug-likeness (QED) is 0.0640. The van der Waals surface area contributed by atoms with Crippen molar-refractivity contribution in [2.75, 3.05) is 31.4 Å². The Morgan fingerprint density at radius 2 is 1.19 bits per heavy atom. The van der Waals surface area contributed by atoms with Crippen LogP contribution in [0.25, 0.3) is 22.3 Å². The van der Waals surface area contributed by atoms with Crippen LogP contribution in [0, 0.1) is 0 Å². The van der Waals surface area contributed by atoms with Gasteiger partial charge in [-0.3, -0.25) is 28.7 Å². The van der Waals surface area contributed by atoms with Gasteiger partial charge in [0.1, 0.15) is 34.7 Å². The highest BCUT2D eigenvalue weighted by Crippen LogP contribution is 2.43. The molecule has 354 valence electrons. The van der Waals surface area contributed by atoms with Gasteiger partial charge in [-0.05, 0) is 28.8 Å². The fraction of sp³-hybridized carbons (Fsp3) is 0.304. The molecule has 67 heavy (non-hydrogen) atoms. The maximum absolute atomic E-state index is 15.4. The topological polar surface area (TPSA) is 274 Å². The van der Waals surface area contributed by atoms with Crippen molar-refractivity contribution in [1.29, 1.82) is 0 Å². The number of nitrogen functional groups attached to an aromatic ring is 1. The second-order valence-corrected chi connectivity index (χ2v) is 15.3. The highest BCUT2D eigenvalue weighted by atomic mass is 19.1. The lowest BCUT2D eigenvalue weighted by atomic mass is 9.77. The lowest BCUT2D eigenvalue weighted by Crippen LogP contribution is -2.43. The fourth-order valence-corrected chi connectivity index (χ4v) is 8.13. The maximum atomic E-state index is 15.4. The second kappa shape index (κ2) is 19.4. The van der Waals surface area contributed by atoms with Crippen molar-refractivity contribution in [3.05, 3.63) is 160 Å². The molecule has 2 fully saturated rings. The Labute approximate surface area is 381 Å². The third kappa shape index (κ3) is 8.25. The summed E-state index contributed by atoms with van der Waals surface area (Å²) in [4.78, 5) is 46.7. The number of nitrogens with zero attached hydrogens (tertiary/aromatic N) is 6. The van der Waals surface area contributed by atoms with Gasteiger partial charge in [0.2, 0.25) is 11.9 Å². The number of aliphatic hydroxyl groups is 4. The smallest absolute Gasteiger partial charge is 0.280 e. The number of aliphatic hydroxyl groups excluding tert-OH is 4. The summed E-state index contributed by atoms with van der Waals surface area (Å²) in [7, 11) is 1.59. The summed E-state index contributed by atoms with van der Waals surface area (Å²) < 4.78 is 48.8. The molecule has 6 heterocycles. The van der Waals surface area contributed by atoms with Crippen LogP contribution in [0.5, 0.6) is 5.75 Å². The summed E-state index contributed by atoms with van der Waals surface area (Å²) in [6.07, 6.45) is -5.25. The van der Waals surface area contributed by atoms with E-state index in [2.05, 4.69) is 48.4 Å². The van der Waals surface area contributed by atoms with Gasteiger partial charge in [-0.15, -0.1) is 13.2 Å². The molecule has 2 saturated heterocycles. The molecule has 2 aliphatic heterocycles. The number of aromatic amines is 2. The van der Waals surface area contributed by atoms with E-state index in [-0.39, 0.29) is 49.1 Å². The van der Waals surface area contributed by atoms with Gasteiger partial charge >= 0.3 is 0 Å². The number of anilines is 2. The second-order valence-electron chi connectivity index (χ2n) is 15.3. The average Bonchev–Trinajstić information content (AvgIpc) is 4.08. The molecule has 0 unspecified atom stereocenters. The first-order valence-corrected chi connectivity index (χ1v) is 20.0. The number of aromatic nitrogens is 8. The number of fused-ring (bicyclic) bond motifs is 2. The molecule has 0 saturated carbocycles. The van der Waals surface area contributed by atoms with E-state index < -0.39 is 78.1 Å². The van der Waals surface area contributed by atoms with Gasteiger partial charge in [0, 0.05) is 0 Å². The third-order valence-corrected chi connectivity index (χ3v) is 11.7. The van der Waals surface area contributed by atoms with Crippen LogP contribution in [0.2, 0.25) is 0 Å². The number of H-pyrrole nitrogens is 2. The summed E-state index contributed by atoms with van der Waals surface area (Å²) in [5.41, 5.74) is 2.37. The van der Waals surface area contributed by atoms with Crippen molar-refractivity contribution >= 4 is 34.2 Å². The van der Waals surface area contributed by atoms with Crippen LogP contribution in [-0.2, 0) is 15.0 Å². The number of benzene rings is 3. The molecule has 21 heteroatoms. The first-order chi connectivity index (χ1) is 31.3. The molecule has 3 aromatic carbocycles. The molecule has 7 aromatic rings. The van der Waals surface area contributed by atoms with Crippen molar-refractivity contribution < 1.29 is 43.4 Å². The highest BCUT2D eigenvalue weighted by Gasteiger charge is 2.55. The Hall–Kier alpha value is -7.14. The molecule has 9 N–H and O–H groups in total. The van der Waals surface area contributed by atoms with E-state index in [1.54, 1.807) is 7.11 Å². The van der Waals surface area contributed by atoms with Crippen molar-refractivity contribution in [3.8, 4) is 5.75 Å². The van der Waals surface area contributed by atoms with Crippen molar-refractivity contribution in [3.63, 3.8) is 0 Å². The summed E-state index contributed by atoms with van der Waals surface area (Å²) in [6, 6.07) is 26.9. The highest BCUT2D eigenvalue weighted by molar-refractivity contribution is 5.72. The van der Waals surface area contributed by atoms with E-state index in [1.165, 1.54) is 17.0 Å². The van der Waals surface area contributed by atoms with Gasteiger partial charge in [0.15, 0.2) is 47.1 Å². The SMILES string of the molecule is C.C.C=C[C@]1(CO)O[C@@H](n2cnc3c(=O)[nH]c(N)nc32)[C@H](F)[C@@H]1O.C=C[C@]1(CO)O[C@@H](n2cnc3c(=O)[nH]c(NC(c4ccccc4)(c4ccccc4)c4ccc(OC)cc4)nc32)[C@H](F)[C@@H]1O. The van der Waals surface area contributed by atoms with E-state index >= 15 is 4.39 Å². The van der Waals surface area contributed by atoms with Crippen molar-refractivity contribution in [2.45, 2.75) is 68.6 Å². The Kier molecular flexibility index (Phi) is 14.3. The number of ether oxygens (including phenoxy) is 3. The largest absolute Gasteiger partial charge is 0.497 e. The molecule has 0 aliphatic carbocycles.